The average Bonchev–Trinajstić information content (AvgIpc) is 2.76. The van der Waals surface area contributed by atoms with Crippen molar-refractivity contribution in [1.82, 2.24) is 14.5 Å². The highest BCUT2D eigenvalue weighted by atomic mass is 35.5. The number of benzene rings is 1. The van der Waals surface area contributed by atoms with Gasteiger partial charge in [0, 0.05) is 10.7 Å². The third-order valence-corrected chi connectivity index (χ3v) is 3.55. The van der Waals surface area contributed by atoms with Gasteiger partial charge in [-0.25, -0.2) is 9.97 Å². The molecule has 0 unspecified atom stereocenters. The van der Waals surface area contributed by atoms with E-state index >= 15 is 0 Å². The molecule has 0 aliphatic heterocycles. The molecule has 19 heavy (non-hydrogen) atoms. The second kappa shape index (κ2) is 4.67. The van der Waals surface area contributed by atoms with Gasteiger partial charge in [0.1, 0.15) is 5.52 Å². The molecule has 3 nitrogen and oxygen atoms in total. The maximum Gasteiger partial charge on any atom is 0.160 e. The normalized spacial score (nSPS) is 11.1. The minimum Gasteiger partial charge on any atom is -0.311 e. The molecular formula is C15H14ClN3. The van der Waals surface area contributed by atoms with Crippen LogP contribution < -0.4 is 0 Å². The van der Waals surface area contributed by atoms with E-state index in [0.717, 1.165) is 28.4 Å². The maximum atomic E-state index is 5.90. The van der Waals surface area contributed by atoms with Gasteiger partial charge in [0.2, 0.25) is 0 Å². The Kier molecular flexibility index (Phi) is 2.99. The summed E-state index contributed by atoms with van der Waals surface area (Å²) in [6.07, 6.45) is 1.84. The molecule has 3 rings (SSSR count). The van der Waals surface area contributed by atoms with E-state index in [1.54, 1.807) is 0 Å². The molecule has 2 heterocycles. The fraction of sp³-hybridized carbons (Fsp3) is 0.200. The molecule has 0 radical (unpaired) electrons. The van der Waals surface area contributed by atoms with Gasteiger partial charge in [-0.15, -0.1) is 0 Å². The predicted molar refractivity (Wildman–Crippen MR) is 77.6 cm³/mol. The van der Waals surface area contributed by atoms with Gasteiger partial charge in [-0.2, -0.15) is 0 Å². The van der Waals surface area contributed by atoms with Crippen LogP contribution in [0, 0.1) is 13.8 Å². The van der Waals surface area contributed by atoms with Crippen molar-refractivity contribution < 1.29 is 0 Å². The zero-order chi connectivity index (χ0) is 13.4. The third kappa shape index (κ3) is 2.34. The lowest BCUT2D eigenvalue weighted by atomic mass is 10.2. The highest BCUT2D eigenvalue weighted by Crippen LogP contribution is 2.17. The van der Waals surface area contributed by atoms with Gasteiger partial charge in [0.05, 0.1) is 12.9 Å². The Balaban J connectivity index is 2.01. The standard InChI is InChI=1S/C15H14ClN3/c1-10-7-14-15(18-11(10)2)19(9-17-14)8-12-3-5-13(16)6-4-12/h3-7,9H,8H2,1-2H3. The number of nitrogens with zero attached hydrogens (tertiary/aromatic N) is 3. The Morgan fingerprint density at radius 2 is 1.89 bits per heavy atom. The molecule has 0 N–H and O–H groups in total. The number of imidazole rings is 1. The summed E-state index contributed by atoms with van der Waals surface area (Å²) >= 11 is 5.90. The van der Waals surface area contributed by atoms with Gasteiger partial charge in [0.25, 0.3) is 0 Å². The Hall–Kier alpha value is -1.87. The van der Waals surface area contributed by atoms with Crippen molar-refractivity contribution >= 4 is 22.8 Å². The van der Waals surface area contributed by atoms with Crippen molar-refractivity contribution in [3.8, 4) is 0 Å². The number of aryl methyl sites for hydroxylation is 2. The van der Waals surface area contributed by atoms with Gasteiger partial charge < -0.3 is 4.57 Å². The van der Waals surface area contributed by atoms with Crippen LogP contribution in [0.2, 0.25) is 5.02 Å². The van der Waals surface area contributed by atoms with Crippen LogP contribution in [0.15, 0.2) is 36.7 Å². The van der Waals surface area contributed by atoms with Crippen LogP contribution in [-0.4, -0.2) is 14.5 Å². The first-order chi connectivity index (χ1) is 9.13. The summed E-state index contributed by atoms with van der Waals surface area (Å²) in [5, 5.41) is 0.754. The van der Waals surface area contributed by atoms with E-state index in [1.807, 2.05) is 37.5 Å². The van der Waals surface area contributed by atoms with Crippen molar-refractivity contribution in [2.45, 2.75) is 20.4 Å². The summed E-state index contributed by atoms with van der Waals surface area (Å²) in [6, 6.07) is 9.93. The maximum absolute atomic E-state index is 5.90. The fourth-order valence-corrected chi connectivity index (χ4v) is 2.20. The minimum atomic E-state index is 0.753. The Bertz CT molecular complexity index is 729. The molecule has 96 valence electrons. The van der Waals surface area contributed by atoms with E-state index in [0.29, 0.717) is 0 Å². The van der Waals surface area contributed by atoms with Crippen LogP contribution in [0.5, 0.6) is 0 Å². The number of halogens is 1. The number of pyridine rings is 1. The van der Waals surface area contributed by atoms with E-state index in [-0.39, 0.29) is 0 Å². The largest absolute Gasteiger partial charge is 0.311 e. The molecule has 0 spiro atoms. The first kappa shape index (κ1) is 12.2. The summed E-state index contributed by atoms with van der Waals surface area (Å²) in [7, 11) is 0. The van der Waals surface area contributed by atoms with Gasteiger partial charge in [-0.1, -0.05) is 23.7 Å². The number of fused-ring (bicyclic) bond motifs is 1. The molecule has 0 saturated heterocycles. The lowest BCUT2D eigenvalue weighted by Crippen LogP contribution is -2.00. The number of hydrogen-bond acceptors (Lipinski definition) is 2. The Morgan fingerprint density at radius 3 is 2.63 bits per heavy atom. The van der Waals surface area contributed by atoms with Crippen LogP contribution >= 0.6 is 11.6 Å². The van der Waals surface area contributed by atoms with Crippen molar-refractivity contribution in [3.63, 3.8) is 0 Å². The zero-order valence-electron chi connectivity index (χ0n) is 10.9. The van der Waals surface area contributed by atoms with Gasteiger partial charge in [-0.3, -0.25) is 0 Å². The van der Waals surface area contributed by atoms with Crippen molar-refractivity contribution in [3.05, 3.63) is 58.5 Å². The van der Waals surface area contributed by atoms with Gasteiger partial charge in [-0.05, 0) is 43.2 Å². The highest BCUT2D eigenvalue weighted by Gasteiger charge is 2.07. The average molecular weight is 272 g/mol. The molecule has 0 saturated carbocycles. The smallest absolute Gasteiger partial charge is 0.160 e. The van der Waals surface area contributed by atoms with Gasteiger partial charge >= 0.3 is 0 Å². The molecule has 0 fully saturated rings. The molecule has 3 aromatic rings. The van der Waals surface area contributed by atoms with E-state index in [9.17, 15) is 0 Å². The van der Waals surface area contributed by atoms with E-state index in [2.05, 4.69) is 27.5 Å². The number of hydrogen-bond donors (Lipinski definition) is 0. The zero-order valence-corrected chi connectivity index (χ0v) is 11.6. The lowest BCUT2D eigenvalue weighted by molar-refractivity contribution is 0.812. The topological polar surface area (TPSA) is 30.7 Å². The summed E-state index contributed by atoms with van der Waals surface area (Å²) in [5.74, 6) is 0. The van der Waals surface area contributed by atoms with Gasteiger partial charge in [0.15, 0.2) is 5.65 Å². The van der Waals surface area contributed by atoms with Crippen LogP contribution in [0.1, 0.15) is 16.8 Å². The van der Waals surface area contributed by atoms with E-state index < -0.39 is 0 Å². The van der Waals surface area contributed by atoms with E-state index in [1.165, 1.54) is 11.1 Å². The first-order valence-electron chi connectivity index (χ1n) is 6.17. The SMILES string of the molecule is Cc1cc2ncn(Cc3ccc(Cl)cc3)c2nc1C. The summed E-state index contributed by atoms with van der Waals surface area (Å²) < 4.78 is 2.06. The third-order valence-electron chi connectivity index (χ3n) is 3.30. The summed E-state index contributed by atoms with van der Waals surface area (Å²) in [6.45, 7) is 4.83. The van der Waals surface area contributed by atoms with Crippen molar-refractivity contribution in [2.24, 2.45) is 0 Å². The number of aromatic nitrogens is 3. The molecule has 0 amide bonds. The minimum absolute atomic E-state index is 0.753. The molecular weight excluding hydrogens is 258 g/mol. The van der Waals surface area contributed by atoms with Crippen LogP contribution in [0.3, 0.4) is 0 Å². The predicted octanol–water partition coefficient (Wildman–Crippen LogP) is 3.75. The number of rotatable bonds is 2. The quantitative estimate of drug-likeness (QED) is 0.711. The summed E-state index contributed by atoms with van der Waals surface area (Å²) in [5.41, 5.74) is 5.27. The molecule has 0 bridgehead atoms. The molecule has 0 aliphatic rings. The fourth-order valence-electron chi connectivity index (χ4n) is 2.07. The van der Waals surface area contributed by atoms with Crippen molar-refractivity contribution in [1.29, 1.82) is 0 Å². The lowest BCUT2D eigenvalue weighted by Gasteiger charge is -2.05. The summed E-state index contributed by atoms with van der Waals surface area (Å²) in [4.78, 5) is 9.03. The van der Waals surface area contributed by atoms with Crippen LogP contribution in [-0.2, 0) is 6.54 Å². The van der Waals surface area contributed by atoms with Crippen LogP contribution in [0.4, 0.5) is 0 Å². The van der Waals surface area contributed by atoms with E-state index in [4.69, 9.17) is 11.6 Å². The first-order valence-corrected chi connectivity index (χ1v) is 6.55. The van der Waals surface area contributed by atoms with Crippen LogP contribution in [0.25, 0.3) is 11.2 Å². The second-order valence-corrected chi connectivity index (χ2v) is 5.17. The monoisotopic (exact) mass is 271 g/mol. The molecule has 1 aromatic carbocycles. The van der Waals surface area contributed by atoms with Crippen molar-refractivity contribution in [2.75, 3.05) is 0 Å². The molecule has 2 aromatic heterocycles. The molecule has 0 atom stereocenters. The Labute approximate surface area is 116 Å². The highest BCUT2D eigenvalue weighted by molar-refractivity contribution is 6.30. The molecule has 0 aliphatic carbocycles. The molecule has 4 heteroatoms. The second-order valence-electron chi connectivity index (χ2n) is 4.73. The Morgan fingerprint density at radius 1 is 1.16 bits per heavy atom.